The van der Waals surface area contributed by atoms with Gasteiger partial charge in [-0.3, -0.25) is 0 Å². The molecule has 1 heterocycles. The molecule has 1 unspecified atom stereocenters. The van der Waals surface area contributed by atoms with E-state index in [1.807, 2.05) is 12.1 Å². The minimum Gasteiger partial charge on any atom is -0.364 e. The van der Waals surface area contributed by atoms with Crippen molar-refractivity contribution in [2.75, 3.05) is 0 Å². The quantitative estimate of drug-likeness (QED) is 0.678. The van der Waals surface area contributed by atoms with Gasteiger partial charge < -0.3 is 9.84 Å². The van der Waals surface area contributed by atoms with Crippen molar-refractivity contribution >= 4 is 0 Å². The van der Waals surface area contributed by atoms with Crippen molar-refractivity contribution in [2.45, 2.75) is 38.8 Å². The molecular formula is C11H18N2O. The van der Waals surface area contributed by atoms with Gasteiger partial charge in [-0.05, 0) is 19.3 Å². The third-order valence-corrected chi connectivity index (χ3v) is 2.28. The van der Waals surface area contributed by atoms with E-state index in [-0.39, 0.29) is 0 Å². The molecule has 1 aromatic heterocycles. The molecule has 1 N–H and O–H groups in total. The Bertz CT molecular complexity index is 244. The molecule has 0 spiro atoms. The molecule has 1 aromatic rings. The minimum atomic E-state index is 0.546. The van der Waals surface area contributed by atoms with E-state index in [1.54, 1.807) is 6.26 Å². The summed E-state index contributed by atoms with van der Waals surface area (Å²) in [6.07, 6.45) is 6.88. The van der Waals surface area contributed by atoms with Crippen LogP contribution < -0.4 is 5.32 Å². The fourth-order valence-electron chi connectivity index (χ4n) is 1.35. The second kappa shape index (κ2) is 6.38. The van der Waals surface area contributed by atoms with Crippen LogP contribution in [-0.4, -0.2) is 11.2 Å². The number of hydrogen-bond donors (Lipinski definition) is 1. The van der Waals surface area contributed by atoms with Crippen LogP contribution >= 0.6 is 0 Å². The molecule has 0 saturated heterocycles. The van der Waals surface area contributed by atoms with E-state index in [0.717, 1.165) is 31.5 Å². The Balaban J connectivity index is 2.23. The molecule has 78 valence electrons. The molecule has 3 nitrogen and oxygen atoms in total. The van der Waals surface area contributed by atoms with E-state index >= 15 is 0 Å². The zero-order valence-corrected chi connectivity index (χ0v) is 8.70. The fraction of sp³-hybridized carbons (Fsp3) is 0.545. The first-order valence-corrected chi connectivity index (χ1v) is 5.10. The summed E-state index contributed by atoms with van der Waals surface area (Å²) >= 11 is 0. The van der Waals surface area contributed by atoms with Crippen molar-refractivity contribution in [1.29, 1.82) is 0 Å². The highest BCUT2D eigenvalue weighted by atomic mass is 16.5. The van der Waals surface area contributed by atoms with Crippen LogP contribution in [0, 0.1) is 0 Å². The Morgan fingerprint density at radius 3 is 3.14 bits per heavy atom. The summed E-state index contributed by atoms with van der Waals surface area (Å²) < 4.78 is 4.76. The fourth-order valence-corrected chi connectivity index (χ4v) is 1.35. The van der Waals surface area contributed by atoms with Gasteiger partial charge in [0.2, 0.25) is 0 Å². The van der Waals surface area contributed by atoms with Crippen LogP contribution in [-0.2, 0) is 6.54 Å². The van der Waals surface area contributed by atoms with Crippen LogP contribution in [0.2, 0.25) is 0 Å². The van der Waals surface area contributed by atoms with Crippen molar-refractivity contribution in [3.8, 4) is 0 Å². The third kappa shape index (κ3) is 3.75. The Morgan fingerprint density at radius 1 is 1.71 bits per heavy atom. The summed E-state index contributed by atoms with van der Waals surface area (Å²) in [6, 6.07) is 2.43. The Hall–Kier alpha value is -1.09. The highest BCUT2D eigenvalue weighted by Crippen LogP contribution is 2.03. The van der Waals surface area contributed by atoms with E-state index in [4.69, 9.17) is 4.52 Å². The zero-order valence-electron chi connectivity index (χ0n) is 8.70. The van der Waals surface area contributed by atoms with Gasteiger partial charge in [0.25, 0.3) is 0 Å². The smallest absolute Gasteiger partial charge is 0.124 e. The molecule has 0 aliphatic carbocycles. The van der Waals surface area contributed by atoms with Crippen LogP contribution in [0.5, 0.6) is 0 Å². The van der Waals surface area contributed by atoms with Gasteiger partial charge in [-0.15, -0.1) is 6.58 Å². The first kappa shape index (κ1) is 11.0. The zero-order chi connectivity index (χ0) is 10.2. The molecule has 0 saturated carbocycles. The Morgan fingerprint density at radius 2 is 2.57 bits per heavy atom. The van der Waals surface area contributed by atoms with Crippen LogP contribution in [0.15, 0.2) is 29.5 Å². The van der Waals surface area contributed by atoms with Crippen molar-refractivity contribution in [3.05, 3.63) is 30.7 Å². The molecule has 14 heavy (non-hydrogen) atoms. The SMILES string of the molecule is C=CCCC(CC)NCc1ccon1. The van der Waals surface area contributed by atoms with Gasteiger partial charge >= 0.3 is 0 Å². The van der Waals surface area contributed by atoms with Crippen molar-refractivity contribution in [3.63, 3.8) is 0 Å². The van der Waals surface area contributed by atoms with Crippen LogP contribution in [0.25, 0.3) is 0 Å². The normalized spacial score (nSPS) is 12.6. The maximum absolute atomic E-state index is 4.76. The predicted molar refractivity (Wildman–Crippen MR) is 56.9 cm³/mol. The van der Waals surface area contributed by atoms with Gasteiger partial charge in [-0.2, -0.15) is 0 Å². The lowest BCUT2D eigenvalue weighted by atomic mass is 10.1. The van der Waals surface area contributed by atoms with Crippen LogP contribution in [0.4, 0.5) is 0 Å². The topological polar surface area (TPSA) is 38.1 Å². The molecule has 1 atom stereocenters. The largest absolute Gasteiger partial charge is 0.364 e. The monoisotopic (exact) mass is 194 g/mol. The molecule has 0 bridgehead atoms. The second-order valence-electron chi connectivity index (χ2n) is 3.34. The number of nitrogens with one attached hydrogen (secondary N) is 1. The lowest BCUT2D eigenvalue weighted by Gasteiger charge is -2.14. The van der Waals surface area contributed by atoms with Crippen LogP contribution in [0.1, 0.15) is 31.9 Å². The molecule has 0 amide bonds. The van der Waals surface area contributed by atoms with Gasteiger partial charge in [0.1, 0.15) is 6.26 Å². The number of nitrogens with zero attached hydrogens (tertiary/aromatic N) is 1. The molecule has 3 heteroatoms. The van der Waals surface area contributed by atoms with Crippen molar-refractivity contribution in [2.24, 2.45) is 0 Å². The maximum Gasteiger partial charge on any atom is 0.124 e. The van der Waals surface area contributed by atoms with Crippen molar-refractivity contribution < 1.29 is 4.52 Å². The minimum absolute atomic E-state index is 0.546. The van der Waals surface area contributed by atoms with Crippen LogP contribution in [0.3, 0.4) is 0 Å². The second-order valence-corrected chi connectivity index (χ2v) is 3.34. The van der Waals surface area contributed by atoms with E-state index in [1.165, 1.54) is 0 Å². The molecule has 0 aliphatic heterocycles. The summed E-state index contributed by atoms with van der Waals surface area (Å²) in [5.41, 5.74) is 0.960. The third-order valence-electron chi connectivity index (χ3n) is 2.28. The number of hydrogen-bond acceptors (Lipinski definition) is 3. The molecule has 1 rings (SSSR count). The summed E-state index contributed by atoms with van der Waals surface area (Å²) in [6.45, 7) is 6.69. The molecule has 0 radical (unpaired) electrons. The Labute approximate surface area is 85.2 Å². The van der Waals surface area contributed by atoms with E-state index < -0.39 is 0 Å². The van der Waals surface area contributed by atoms with Gasteiger partial charge in [0.15, 0.2) is 0 Å². The highest BCUT2D eigenvalue weighted by molar-refractivity contribution is 4.94. The number of rotatable bonds is 7. The highest BCUT2D eigenvalue weighted by Gasteiger charge is 2.05. The lowest BCUT2D eigenvalue weighted by Crippen LogP contribution is -2.27. The van der Waals surface area contributed by atoms with Gasteiger partial charge in [-0.25, -0.2) is 0 Å². The Kier molecular flexibility index (Phi) is 5.00. The lowest BCUT2D eigenvalue weighted by molar-refractivity contribution is 0.400. The van der Waals surface area contributed by atoms with Crippen molar-refractivity contribution in [1.82, 2.24) is 10.5 Å². The average molecular weight is 194 g/mol. The maximum atomic E-state index is 4.76. The van der Waals surface area contributed by atoms with E-state index in [2.05, 4.69) is 24.0 Å². The summed E-state index contributed by atoms with van der Waals surface area (Å²) in [5.74, 6) is 0. The van der Waals surface area contributed by atoms with Gasteiger partial charge in [0, 0.05) is 18.7 Å². The first-order valence-electron chi connectivity index (χ1n) is 5.10. The molecular weight excluding hydrogens is 176 g/mol. The van der Waals surface area contributed by atoms with E-state index in [0.29, 0.717) is 6.04 Å². The van der Waals surface area contributed by atoms with E-state index in [9.17, 15) is 0 Å². The van der Waals surface area contributed by atoms with Gasteiger partial charge in [-0.1, -0.05) is 18.2 Å². The standard InChI is InChI=1S/C11H18N2O/c1-3-5-6-10(4-2)12-9-11-7-8-14-13-11/h3,7-8,10,12H,1,4-6,9H2,2H3. The average Bonchev–Trinajstić information content (AvgIpc) is 2.71. The summed E-state index contributed by atoms with van der Waals surface area (Å²) in [7, 11) is 0. The first-order chi connectivity index (χ1) is 6.86. The van der Waals surface area contributed by atoms with Gasteiger partial charge in [0.05, 0.1) is 5.69 Å². The molecule has 0 aromatic carbocycles. The summed E-state index contributed by atoms with van der Waals surface area (Å²) in [5, 5.41) is 7.28. The molecule has 0 fully saturated rings. The molecule has 0 aliphatic rings. The number of aromatic nitrogens is 1. The predicted octanol–water partition coefficient (Wildman–Crippen LogP) is 2.51. The number of allylic oxidation sites excluding steroid dienone is 1. The summed E-state index contributed by atoms with van der Waals surface area (Å²) in [4.78, 5) is 0.